The number of nitrogens with one attached hydrogen (secondary N) is 1. The van der Waals surface area contributed by atoms with Gasteiger partial charge in [0, 0.05) is 12.1 Å². The minimum absolute atomic E-state index is 0.841. The fourth-order valence-electron chi connectivity index (χ4n) is 1.80. The summed E-state index contributed by atoms with van der Waals surface area (Å²) in [6, 6.07) is 16.2. The van der Waals surface area contributed by atoms with Gasteiger partial charge in [-0.05, 0) is 53.8 Å². The van der Waals surface area contributed by atoms with E-state index in [0.29, 0.717) is 0 Å². The first-order valence-electron chi connectivity index (χ1n) is 6.52. The molecular formula is C16H18INO. The fourth-order valence-corrected chi connectivity index (χ4v) is 2.29. The third-order valence-electron chi connectivity index (χ3n) is 2.77. The van der Waals surface area contributed by atoms with E-state index in [1.54, 1.807) is 0 Å². The highest BCUT2D eigenvalue weighted by Crippen LogP contribution is 2.28. The van der Waals surface area contributed by atoms with E-state index in [0.717, 1.165) is 34.6 Å². The van der Waals surface area contributed by atoms with Gasteiger partial charge in [0.05, 0.1) is 3.57 Å². The molecule has 19 heavy (non-hydrogen) atoms. The predicted octanol–water partition coefficient (Wildman–Crippen LogP) is 4.58. The van der Waals surface area contributed by atoms with Crippen LogP contribution in [0.1, 0.15) is 18.9 Å². The molecule has 0 unspecified atom stereocenters. The van der Waals surface area contributed by atoms with E-state index in [9.17, 15) is 0 Å². The van der Waals surface area contributed by atoms with E-state index in [1.807, 2.05) is 42.5 Å². The molecule has 0 aromatic heterocycles. The molecule has 0 bridgehead atoms. The number of para-hydroxylation sites is 2. The third kappa shape index (κ3) is 4.21. The van der Waals surface area contributed by atoms with E-state index in [1.165, 1.54) is 5.56 Å². The van der Waals surface area contributed by atoms with Crippen LogP contribution in [0.2, 0.25) is 0 Å². The fraction of sp³-hybridized carbons (Fsp3) is 0.250. The maximum atomic E-state index is 6.02. The molecule has 2 aromatic rings. The number of rotatable bonds is 6. The van der Waals surface area contributed by atoms with Crippen LogP contribution in [0.5, 0.6) is 11.5 Å². The summed E-state index contributed by atoms with van der Waals surface area (Å²) in [7, 11) is 0. The molecule has 0 radical (unpaired) electrons. The van der Waals surface area contributed by atoms with E-state index >= 15 is 0 Å². The molecule has 0 spiro atoms. The minimum atomic E-state index is 0.841. The molecular weight excluding hydrogens is 349 g/mol. The Labute approximate surface area is 128 Å². The van der Waals surface area contributed by atoms with Crippen molar-refractivity contribution < 1.29 is 4.74 Å². The molecule has 0 saturated heterocycles. The second kappa shape index (κ2) is 7.50. The van der Waals surface area contributed by atoms with Crippen molar-refractivity contribution in [3.63, 3.8) is 0 Å². The second-order valence-electron chi connectivity index (χ2n) is 4.32. The highest BCUT2D eigenvalue weighted by atomic mass is 127. The van der Waals surface area contributed by atoms with Crippen LogP contribution in [0.15, 0.2) is 48.5 Å². The van der Waals surface area contributed by atoms with Gasteiger partial charge in [0.15, 0.2) is 0 Å². The van der Waals surface area contributed by atoms with E-state index < -0.39 is 0 Å². The Morgan fingerprint density at radius 2 is 1.68 bits per heavy atom. The van der Waals surface area contributed by atoms with Crippen LogP contribution < -0.4 is 10.1 Å². The van der Waals surface area contributed by atoms with Gasteiger partial charge in [-0.2, -0.15) is 0 Å². The third-order valence-corrected chi connectivity index (χ3v) is 3.66. The van der Waals surface area contributed by atoms with Crippen molar-refractivity contribution in [3.8, 4) is 11.5 Å². The molecule has 0 fully saturated rings. The zero-order chi connectivity index (χ0) is 13.5. The molecule has 0 saturated carbocycles. The number of halogens is 1. The zero-order valence-corrected chi connectivity index (χ0v) is 13.2. The Kier molecular flexibility index (Phi) is 5.66. The number of hydrogen-bond donors (Lipinski definition) is 1. The van der Waals surface area contributed by atoms with Gasteiger partial charge in [-0.25, -0.2) is 0 Å². The number of ether oxygens (including phenoxy) is 1. The Balaban J connectivity index is 2.13. The molecule has 2 aromatic carbocycles. The number of benzene rings is 2. The van der Waals surface area contributed by atoms with Gasteiger partial charge in [-0.3, -0.25) is 0 Å². The molecule has 0 aliphatic rings. The van der Waals surface area contributed by atoms with Crippen LogP contribution in [0, 0.1) is 3.57 Å². The molecule has 2 nitrogen and oxygen atoms in total. The van der Waals surface area contributed by atoms with Gasteiger partial charge < -0.3 is 10.1 Å². The molecule has 0 aliphatic carbocycles. The lowest BCUT2D eigenvalue weighted by atomic mass is 10.2. The van der Waals surface area contributed by atoms with Gasteiger partial charge in [0.2, 0.25) is 0 Å². The van der Waals surface area contributed by atoms with Gasteiger partial charge in [0.25, 0.3) is 0 Å². The van der Waals surface area contributed by atoms with Crippen molar-refractivity contribution in [2.45, 2.75) is 19.9 Å². The lowest BCUT2D eigenvalue weighted by molar-refractivity contribution is 0.469. The summed E-state index contributed by atoms with van der Waals surface area (Å²) in [6.07, 6.45) is 1.14. The van der Waals surface area contributed by atoms with Crippen molar-refractivity contribution in [2.75, 3.05) is 6.54 Å². The Bertz CT molecular complexity index is 528. The van der Waals surface area contributed by atoms with Crippen LogP contribution >= 0.6 is 22.6 Å². The summed E-state index contributed by atoms with van der Waals surface area (Å²) in [4.78, 5) is 0. The summed E-state index contributed by atoms with van der Waals surface area (Å²) < 4.78 is 7.15. The molecule has 0 atom stereocenters. The summed E-state index contributed by atoms with van der Waals surface area (Å²) in [5.74, 6) is 1.83. The zero-order valence-electron chi connectivity index (χ0n) is 11.0. The van der Waals surface area contributed by atoms with Crippen LogP contribution in [-0.4, -0.2) is 6.54 Å². The van der Waals surface area contributed by atoms with Crippen molar-refractivity contribution in [3.05, 3.63) is 57.7 Å². The molecule has 0 amide bonds. The van der Waals surface area contributed by atoms with Crippen LogP contribution in [0.3, 0.4) is 0 Å². The second-order valence-corrected chi connectivity index (χ2v) is 5.48. The summed E-state index contributed by atoms with van der Waals surface area (Å²) in [6.45, 7) is 4.03. The topological polar surface area (TPSA) is 21.3 Å². The average Bonchev–Trinajstić information content (AvgIpc) is 2.43. The van der Waals surface area contributed by atoms with Crippen molar-refractivity contribution in [2.24, 2.45) is 0 Å². The summed E-state index contributed by atoms with van der Waals surface area (Å²) >= 11 is 2.29. The van der Waals surface area contributed by atoms with Crippen molar-refractivity contribution in [1.29, 1.82) is 0 Å². The van der Waals surface area contributed by atoms with Gasteiger partial charge >= 0.3 is 0 Å². The summed E-state index contributed by atoms with van der Waals surface area (Å²) in [5, 5.41) is 3.41. The monoisotopic (exact) mass is 367 g/mol. The largest absolute Gasteiger partial charge is 0.456 e. The molecule has 3 heteroatoms. The first kappa shape index (κ1) is 14.3. The maximum Gasteiger partial charge on any atom is 0.140 e. The average molecular weight is 367 g/mol. The smallest absolute Gasteiger partial charge is 0.140 e. The van der Waals surface area contributed by atoms with Gasteiger partial charge in [-0.15, -0.1) is 0 Å². The van der Waals surface area contributed by atoms with Gasteiger partial charge in [0.1, 0.15) is 11.5 Å². The molecule has 0 aliphatic heterocycles. The van der Waals surface area contributed by atoms with Gasteiger partial charge in [-0.1, -0.05) is 37.3 Å². The summed E-state index contributed by atoms with van der Waals surface area (Å²) in [5.41, 5.74) is 1.19. The molecule has 1 N–H and O–H groups in total. The van der Waals surface area contributed by atoms with E-state index in [4.69, 9.17) is 4.74 Å². The van der Waals surface area contributed by atoms with Crippen LogP contribution in [0.4, 0.5) is 0 Å². The quantitative estimate of drug-likeness (QED) is 0.596. The molecule has 100 valence electrons. The highest BCUT2D eigenvalue weighted by Gasteiger charge is 2.06. The lowest BCUT2D eigenvalue weighted by Gasteiger charge is -2.12. The van der Waals surface area contributed by atoms with Crippen molar-refractivity contribution in [1.82, 2.24) is 5.32 Å². The SMILES string of the molecule is CCCNCc1ccccc1Oc1ccccc1I. The van der Waals surface area contributed by atoms with Crippen molar-refractivity contribution >= 4 is 22.6 Å². The Morgan fingerprint density at radius 3 is 2.42 bits per heavy atom. The Morgan fingerprint density at radius 1 is 1.00 bits per heavy atom. The Hall–Kier alpha value is -1.07. The van der Waals surface area contributed by atoms with E-state index in [2.05, 4.69) is 40.9 Å². The first-order valence-corrected chi connectivity index (χ1v) is 7.60. The van der Waals surface area contributed by atoms with Crippen LogP contribution in [-0.2, 0) is 6.54 Å². The normalized spacial score (nSPS) is 10.4. The number of hydrogen-bond acceptors (Lipinski definition) is 2. The minimum Gasteiger partial charge on any atom is -0.456 e. The molecule has 2 rings (SSSR count). The predicted molar refractivity (Wildman–Crippen MR) is 87.7 cm³/mol. The standard InChI is InChI=1S/C16H18INO/c1-2-11-18-12-13-7-3-5-9-15(13)19-16-10-6-4-8-14(16)17/h3-10,18H,2,11-12H2,1H3. The van der Waals surface area contributed by atoms with E-state index in [-0.39, 0.29) is 0 Å². The lowest BCUT2D eigenvalue weighted by Crippen LogP contribution is -2.14. The highest BCUT2D eigenvalue weighted by molar-refractivity contribution is 14.1. The van der Waals surface area contributed by atoms with Crippen LogP contribution in [0.25, 0.3) is 0 Å². The maximum absolute atomic E-state index is 6.02. The molecule has 0 heterocycles. The first-order chi connectivity index (χ1) is 9.31.